The Morgan fingerprint density at radius 2 is 2.15 bits per heavy atom. The minimum absolute atomic E-state index is 0.377. The van der Waals surface area contributed by atoms with Crippen molar-refractivity contribution in [2.24, 2.45) is 0 Å². The highest BCUT2D eigenvalue weighted by Crippen LogP contribution is 2.23. The molecular weight excluding hydrogens is 188 g/mol. The first kappa shape index (κ1) is 8.07. The van der Waals surface area contributed by atoms with Crippen LogP contribution in [0, 0.1) is 0 Å². The van der Waals surface area contributed by atoms with Crippen molar-refractivity contribution < 1.29 is 0 Å². The van der Waals surface area contributed by atoms with Crippen LogP contribution < -0.4 is 5.73 Å². The quantitative estimate of drug-likeness (QED) is 0.726. The van der Waals surface area contributed by atoms with Gasteiger partial charge in [0.05, 0.1) is 0 Å². The van der Waals surface area contributed by atoms with E-state index in [1.54, 1.807) is 12.1 Å². The van der Waals surface area contributed by atoms with E-state index in [4.69, 9.17) is 17.3 Å². The number of aromatic amines is 1. The fourth-order valence-electron chi connectivity index (χ4n) is 1.09. The average Bonchev–Trinajstić information content (AvgIpc) is 2.51. The van der Waals surface area contributed by atoms with Crippen LogP contribution in [-0.4, -0.2) is 15.4 Å². The summed E-state index contributed by atoms with van der Waals surface area (Å²) in [6.07, 6.45) is 0. The minimum atomic E-state index is 0.377. The molecule has 0 fully saturated rings. The highest BCUT2D eigenvalue weighted by Gasteiger charge is 2.06. The molecule has 0 amide bonds. The molecule has 13 heavy (non-hydrogen) atoms. The summed E-state index contributed by atoms with van der Waals surface area (Å²) in [7, 11) is 0. The molecule has 0 bridgehead atoms. The van der Waals surface area contributed by atoms with E-state index in [2.05, 4.69) is 15.4 Å². The van der Waals surface area contributed by atoms with Crippen molar-refractivity contribution in [3.05, 3.63) is 29.3 Å². The van der Waals surface area contributed by atoms with Crippen LogP contribution >= 0.6 is 11.6 Å². The molecule has 2 rings (SSSR count). The molecule has 0 aliphatic rings. The maximum atomic E-state index is 5.81. The number of benzene rings is 1. The van der Waals surface area contributed by atoms with Crippen LogP contribution in [0.15, 0.2) is 24.3 Å². The van der Waals surface area contributed by atoms with E-state index in [0.29, 0.717) is 16.5 Å². The zero-order valence-corrected chi connectivity index (χ0v) is 7.42. The molecule has 0 spiro atoms. The van der Waals surface area contributed by atoms with Gasteiger partial charge in [-0.1, -0.05) is 23.7 Å². The summed E-state index contributed by atoms with van der Waals surface area (Å²) in [5.41, 5.74) is 7.06. The molecule has 5 heteroatoms. The largest absolute Gasteiger partial charge is 0.380 e. The predicted octanol–water partition coefficient (Wildman–Crippen LogP) is 1.71. The standard InChI is InChI=1S/C8H7ClN4/c9-6-3-1-2-5(4-6)7-8(10)12-13-11-7/h1-4H,(H3,10,11,12,13). The van der Waals surface area contributed by atoms with Gasteiger partial charge in [0.25, 0.3) is 0 Å². The number of H-pyrrole nitrogens is 1. The van der Waals surface area contributed by atoms with E-state index < -0.39 is 0 Å². The highest BCUT2D eigenvalue weighted by atomic mass is 35.5. The summed E-state index contributed by atoms with van der Waals surface area (Å²) in [6.45, 7) is 0. The number of nitrogens with two attached hydrogens (primary N) is 1. The number of rotatable bonds is 1. The molecule has 0 unspecified atom stereocenters. The smallest absolute Gasteiger partial charge is 0.173 e. The van der Waals surface area contributed by atoms with E-state index in [1.165, 1.54) is 0 Å². The number of anilines is 1. The van der Waals surface area contributed by atoms with E-state index in [9.17, 15) is 0 Å². The lowest BCUT2D eigenvalue weighted by Crippen LogP contribution is -1.88. The summed E-state index contributed by atoms with van der Waals surface area (Å²) in [4.78, 5) is 0. The Kier molecular flexibility index (Phi) is 1.90. The number of halogens is 1. The first-order valence-corrected chi connectivity index (χ1v) is 4.07. The molecule has 0 aliphatic carbocycles. The van der Waals surface area contributed by atoms with Crippen molar-refractivity contribution in [1.29, 1.82) is 0 Å². The second-order valence-corrected chi connectivity index (χ2v) is 3.00. The van der Waals surface area contributed by atoms with Gasteiger partial charge < -0.3 is 5.73 Å². The van der Waals surface area contributed by atoms with Crippen molar-refractivity contribution in [3.63, 3.8) is 0 Å². The summed E-state index contributed by atoms with van der Waals surface area (Å²) in [5, 5.41) is 10.7. The molecule has 66 valence electrons. The first-order valence-electron chi connectivity index (χ1n) is 3.69. The number of hydrogen-bond acceptors (Lipinski definition) is 3. The van der Waals surface area contributed by atoms with Crippen LogP contribution in [0.25, 0.3) is 11.3 Å². The normalized spacial score (nSPS) is 10.2. The van der Waals surface area contributed by atoms with Gasteiger partial charge in [-0.3, -0.25) is 0 Å². The molecule has 1 aromatic heterocycles. The van der Waals surface area contributed by atoms with Crippen molar-refractivity contribution in [1.82, 2.24) is 15.4 Å². The van der Waals surface area contributed by atoms with Gasteiger partial charge in [-0.15, -0.1) is 5.10 Å². The Hall–Kier alpha value is -1.55. The lowest BCUT2D eigenvalue weighted by Gasteiger charge is -1.96. The summed E-state index contributed by atoms with van der Waals surface area (Å²) in [6, 6.07) is 7.29. The van der Waals surface area contributed by atoms with Crippen LogP contribution in [0.2, 0.25) is 5.02 Å². The fraction of sp³-hybridized carbons (Fsp3) is 0. The van der Waals surface area contributed by atoms with E-state index >= 15 is 0 Å². The molecular formula is C8H7ClN4. The third-order valence-corrected chi connectivity index (χ3v) is 1.91. The molecule has 0 aliphatic heterocycles. The molecule has 0 atom stereocenters. The lowest BCUT2D eigenvalue weighted by atomic mass is 10.1. The Bertz CT molecular complexity index is 424. The van der Waals surface area contributed by atoms with Crippen LogP contribution in [-0.2, 0) is 0 Å². The average molecular weight is 195 g/mol. The maximum absolute atomic E-state index is 5.81. The zero-order valence-electron chi connectivity index (χ0n) is 6.66. The first-order chi connectivity index (χ1) is 6.27. The molecule has 4 nitrogen and oxygen atoms in total. The van der Waals surface area contributed by atoms with Crippen molar-refractivity contribution in [3.8, 4) is 11.3 Å². The molecule has 0 saturated heterocycles. The second kappa shape index (κ2) is 3.06. The van der Waals surface area contributed by atoms with E-state index in [1.807, 2.05) is 12.1 Å². The monoisotopic (exact) mass is 194 g/mol. The summed E-state index contributed by atoms with van der Waals surface area (Å²) >= 11 is 5.81. The lowest BCUT2D eigenvalue weighted by molar-refractivity contribution is 0.945. The van der Waals surface area contributed by atoms with Gasteiger partial charge in [0.2, 0.25) is 0 Å². The Morgan fingerprint density at radius 3 is 2.77 bits per heavy atom. The Morgan fingerprint density at radius 1 is 1.31 bits per heavy atom. The van der Waals surface area contributed by atoms with Crippen molar-refractivity contribution in [2.45, 2.75) is 0 Å². The van der Waals surface area contributed by atoms with Crippen LogP contribution in [0.1, 0.15) is 0 Å². The fourth-order valence-corrected chi connectivity index (χ4v) is 1.28. The van der Waals surface area contributed by atoms with E-state index in [0.717, 1.165) is 5.56 Å². The minimum Gasteiger partial charge on any atom is -0.380 e. The third-order valence-electron chi connectivity index (χ3n) is 1.67. The SMILES string of the molecule is Nc1n[nH]nc1-c1cccc(Cl)c1. The molecule has 2 aromatic rings. The maximum Gasteiger partial charge on any atom is 0.173 e. The number of aromatic nitrogens is 3. The van der Waals surface area contributed by atoms with Gasteiger partial charge >= 0.3 is 0 Å². The number of nitrogens with zero attached hydrogens (tertiary/aromatic N) is 2. The third kappa shape index (κ3) is 1.48. The van der Waals surface area contributed by atoms with E-state index in [-0.39, 0.29) is 0 Å². The highest BCUT2D eigenvalue weighted by molar-refractivity contribution is 6.30. The van der Waals surface area contributed by atoms with Gasteiger partial charge in [0, 0.05) is 10.6 Å². The topological polar surface area (TPSA) is 67.6 Å². The van der Waals surface area contributed by atoms with Gasteiger partial charge in [-0.05, 0) is 12.1 Å². The number of nitrogens with one attached hydrogen (secondary N) is 1. The van der Waals surface area contributed by atoms with Crippen LogP contribution in [0.3, 0.4) is 0 Å². The zero-order chi connectivity index (χ0) is 9.26. The van der Waals surface area contributed by atoms with Gasteiger partial charge in [0.15, 0.2) is 5.82 Å². The van der Waals surface area contributed by atoms with Crippen LogP contribution in [0.4, 0.5) is 5.82 Å². The van der Waals surface area contributed by atoms with Gasteiger partial charge in [-0.25, -0.2) is 0 Å². The molecule has 1 heterocycles. The summed E-state index contributed by atoms with van der Waals surface area (Å²) < 4.78 is 0. The van der Waals surface area contributed by atoms with Crippen molar-refractivity contribution in [2.75, 3.05) is 5.73 Å². The summed E-state index contributed by atoms with van der Waals surface area (Å²) in [5.74, 6) is 0.377. The molecule has 1 aromatic carbocycles. The number of hydrogen-bond donors (Lipinski definition) is 2. The predicted molar refractivity (Wildman–Crippen MR) is 51.2 cm³/mol. The van der Waals surface area contributed by atoms with Crippen molar-refractivity contribution >= 4 is 17.4 Å². The molecule has 3 N–H and O–H groups in total. The van der Waals surface area contributed by atoms with Gasteiger partial charge in [-0.2, -0.15) is 10.3 Å². The molecule has 0 radical (unpaired) electrons. The molecule has 0 saturated carbocycles. The number of nitrogen functional groups attached to an aromatic ring is 1. The Labute approximate surface area is 79.7 Å². The van der Waals surface area contributed by atoms with Crippen LogP contribution in [0.5, 0.6) is 0 Å². The Balaban J connectivity index is 2.53. The second-order valence-electron chi connectivity index (χ2n) is 2.57. The van der Waals surface area contributed by atoms with Gasteiger partial charge in [0.1, 0.15) is 5.69 Å².